The summed E-state index contributed by atoms with van der Waals surface area (Å²) in [5.41, 5.74) is 1.05. The molecule has 0 bridgehead atoms. The number of fused-ring (bicyclic) bond motifs is 1. The Balaban J connectivity index is 1.67. The van der Waals surface area contributed by atoms with Crippen molar-refractivity contribution >= 4 is 22.8 Å². The minimum absolute atomic E-state index is 0.150. The predicted octanol–water partition coefficient (Wildman–Crippen LogP) is 2.79. The molecule has 0 saturated heterocycles. The van der Waals surface area contributed by atoms with Crippen LogP contribution in [0.1, 0.15) is 68.1 Å². The van der Waals surface area contributed by atoms with Gasteiger partial charge in [0.05, 0.1) is 10.9 Å². The number of H-pyrrole nitrogens is 1. The molecule has 9 nitrogen and oxygen atoms in total. The first-order valence-electron chi connectivity index (χ1n) is 12.0. The first kappa shape index (κ1) is 23.7. The molecule has 0 atom stereocenters. The molecule has 0 unspecified atom stereocenters. The number of hydrogen-bond donors (Lipinski definition) is 2. The Morgan fingerprint density at radius 1 is 1.24 bits per heavy atom. The molecule has 0 aromatic carbocycles. The van der Waals surface area contributed by atoms with Gasteiger partial charge in [-0.05, 0) is 50.3 Å². The van der Waals surface area contributed by atoms with Crippen LogP contribution in [0.15, 0.2) is 34.0 Å². The average molecular weight is 465 g/mol. The lowest BCUT2D eigenvalue weighted by atomic mass is 10.1. The second kappa shape index (κ2) is 9.79. The average Bonchev–Trinajstić information content (AvgIpc) is 3.66. The van der Waals surface area contributed by atoms with Gasteiger partial charge in [-0.3, -0.25) is 19.1 Å². The van der Waals surface area contributed by atoms with Crippen LogP contribution in [0.25, 0.3) is 11.0 Å². The zero-order chi connectivity index (χ0) is 24.4. The normalized spacial score (nSPS) is 13.4. The van der Waals surface area contributed by atoms with Gasteiger partial charge in [0, 0.05) is 44.0 Å². The van der Waals surface area contributed by atoms with Gasteiger partial charge in [-0.15, -0.1) is 0 Å². The Bertz CT molecular complexity index is 1300. The van der Waals surface area contributed by atoms with Crippen molar-refractivity contribution in [3.63, 3.8) is 0 Å². The van der Waals surface area contributed by atoms with E-state index >= 15 is 0 Å². The maximum absolute atomic E-state index is 13.3. The number of nitrogens with one attached hydrogen (secondary N) is 2. The van der Waals surface area contributed by atoms with Crippen molar-refractivity contribution in [3.05, 3.63) is 62.1 Å². The number of aromatic amines is 1. The van der Waals surface area contributed by atoms with Gasteiger partial charge in [0.25, 0.3) is 11.5 Å². The fourth-order valence-electron chi connectivity index (χ4n) is 4.13. The molecule has 2 N–H and O–H groups in total. The van der Waals surface area contributed by atoms with Crippen LogP contribution in [0.2, 0.25) is 0 Å². The van der Waals surface area contributed by atoms with E-state index in [1.807, 2.05) is 26.0 Å². The summed E-state index contributed by atoms with van der Waals surface area (Å²) in [6.07, 6.45) is 3.73. The van der Waals surface area contributed by atoms with Crippen molar-refractivity contribution in [1.29, 1.82) is 0 Å². The maximum Gasteiger partial charge on any atom is 0.330 e. The van der Waals surface area contributed by atoms with Gasteiger partial charge in [0.1, 0.15) is 5.82 Å². The zero-order valence-electron chi connectivity index (χ0n) is 20.2. The van der Waals surface area contributed by atoms with E-state index in [4.69, 9.17) is 0 Å². The molecule has 180 valence electrons. The largest absolute Gasteiger partial charge is 0.357 e. The molecule has 0 radical (unpaired) electrons. The number of carbonyl (C=O) groups is 1. The topological polar surface area (TPSA) is 113 Å². The van der Waals surface area contributed by atoms with Crippen molar-refractivity contribution in [3.8, 4) is 0 Å². The molecule has 9 heteroatoms. The Labute approximate surface area is 198 Å². The third-order valence-corrected chi connectivity index (χ3v) is 6.11. The minimum Gasteiger partial charge on any atom is -0.357 e. The van der Waals surface area contributed by atoms with Crippen LogP contribution in [-0.4, -0.2) is 38.5 Å². The Hall–Kier alpha value is -3.49. The number of amides is 1. The van der Waals surface area contributed by atoms with E-state index in [0.717, 1.165) is 43.0 Å². The Morgan fingerprint density at radius 2 is 1.97 bits per heavy atom. The fourth-order valence-corrected chi connectivity index (χ4v) is 4.13. The molecule has 4 rings (SSSR count). The SMILES string of the molecule is CCN(CC)c1ccc(CNC(=O)c2cc(C3CC3)nc3c2c(=O)[nH]c(=O)n3CC(C)C)cn1. The monoisotopic (exact) mass is 464 g/mol. The molecule has 1 aliphatic rings. The fraction of sp³-hybridized carbons (Fsp3) is 0.480. The summed E-state index contributed by atoms with van der Waals surface area (Å²) < 4.78 is 1.47. The van der Waals surface area contributed by atoms with E-state index in [9.17, 15) is 14.4 Å². The van der Waals surface area contributed by atoms with Crippen LogP contribution in [0.4, 0.5) is 5.82 Å². The summed E-state index contributed by atoms with van der Waals surface area (Å²) in [6, 6.07) is 5.58. The second-order valence-corrected chi connectivity index (χ2v) is 9.21. The quantitative estimate of drug-likeness (QED) is 0.504. The summed E-state index contributed by atoms with van der Waals surface area (Å²) in [5, 5.41) is 3.06. The highest BCUT2D eigenvalue weighted by atomic mass is 16.2. The Morgan fingerprint density at radius 3 is 2.56 bits per heavy atom. The van der Waals surface area contributed by atoms with Crippen LogP contribution in [0.5, 0.6) is 0 Å². The molecule has 1 aliphatic carbocycles. The van der Waals surface area contributed by atoms with Crippen LogP contribution in [-0.2, 0) is 13.1 Å². The second-order valence-electron chi connectivity index (χ2n) is 9.21. The molecule has 1 amide bonds. The lowest BCUT2D eigenvalue weighted by Gasteiger charge is -2.19. The summed E-state index contributed by atoms with van der Waals surface area (Å²) in [7, 11) is 0. The molecule has 34 heavy (non-hydrogen) atoms. The van der Waals surface area contributed by atoms with Gasteiger partial charge in [-0.1, -0.05) is 19.9 Å². The predicted molar refractivity (Wildman–Crippen MR) is 132 cm³/mol. The number of rotatable bonds is 9. The molecular weight excluding hydrogens is 432 g/mol. The third-order valence-electron chi connectivity index (χ3n) is 6.11. The Kier molecular flexibility index (Phi) is 6.81. The van der Waals surface area contributed by atoms with Gasteiger partial charge in [-0.2, -0.15) is 0 Å². The van der Waals surface area contributed by atoms with E-state index in [2.05, 4.69) is 39.0 Å². The highest BCUT2D eigenvalue weighted by molar-refractivity contribution is 6.05. The van der Waals surface area contributed by atoms with Crippen LogP contribution < -0.4 is 21.5 Å². The summed E-state index contributed by atoms with van der Waals surface area (Å²) in [4.78, 5) is 52.3. The molecule has 0 spiro atoms. The smallest absolute Gasteiger partial charge is 0.330 e. The maximum atomic E-state index is 13.3. The summed E-state index contributed by atoms with van der Waals surface area (Å²) >= 11 is 0. The molecular formula is C25H32N6O3. The molecule has 3 aromatic heterocycles. The number of nitrogens with zero attached hydrogens (tertiary/aromatic N) is 4. The number of anilines is 1. The van der Waals surface area contributed by atoms with Gasteiger partial charge < -0.3 is 10.2 Å². The molecule has 1 fully saturated rings. The zero-order valence-corrected chi connectivity index (χ0v) is 20.2. The van der Waals surface area contributed by atoms with E-state index in [1.54, 1.807) is 12.3 Å². The van der Waals surface area contributed by atoms with Crippen molar-refractivity contribution in [2.24, 2.45) is 5.92 Å². The summed E-state index contributed by atoms with van der Waals surface area (Å²) in [6.45, 7) is 10.5. The third kappa shape index (κ3) is 4.88. The van der Waals surface area contributed by atoms with Crippen molar-refractivity contribution in [1.82, 2.24) is 24.8 Å². The van der Waals surface area contributed by atoms with E-state index in [-0.39, 0.29) is 40.9 Å². The van der Waals surface area contributed by atoms with E-state index in [1.165, 1.54) is 4.57 Å². The van der Waals surface area contributed by atoms with Gasteiger partial charge in [-0.25, -0.2) is 14.8 Å². The minimum atomic E-state index is -0.592. The van der Waals surface area contributed by atoms with Gasteiger partial charge in [0.15, 0.2) is 5.65 Å². The molecule has 1 saturated carbocycles. The standard InChI is InChI=1S/C25H32N6O3/c1-5-30(6-2)20-10-7-16(12-26-20)13-27-23(32)18-11-19(17-8-9-17)28-22-21(18)24(33)29-25(34)31(22)14-15(3)4/h7,10-12,15,17H,5-6,8-9,13-14H2,1-4H3,(H,27,32)(H,29,33,34). The number of carbonyl (C=O) groups excluding carboxylic acids is 1. The highest BCUT2D eigenvalue weighted by Crippen LogP contribution is 2.39. The lowest BCUT2D eigenvalue weighted by molar-refractivity contribution is 0.0952. The van der Waals surface area contributed by atoms with E-state index in [0.29, 0.717) is 6.54 Å². The van der Waals surface area contributed by atoms with Crippen LogP contribution in [0.3, 0.4) is 0 Å². The first-order valence-corrected chi connectivity index (χ1v) is 12.0. The molecule has 3 aromatic rings. The lowest BCUT2D eigenvalue weighted by Crippen LogP contribution is -2.34. The highest BCUT2D eigenvalue weighted by Gasteiger charge is 2.28. The number of hydrogen-bond acceptors (Lipinski definition) is 6. The molecule has 0 aliphatic heterocycles. The van der Waals surface area contributed by atoms with Crippen molar-refractivity contribution < 1.29 is 4.79 Å². The van der Waals surface area contributed by atoms with E-state index < -0.39 is 11.2 Å². The van der Waals surface area contributed by atoms with Gasteiger partial charge in [0.2, 0.25) is 0 Å². The summed E-state index contributed by atoms with van der Waals surface area (Å²) in [5.74, 6) is 0.947. The van der Waals surface area contributed by atoms with Crippen LogP contribution in [0, 0.1) is 5.92 Å². The van der Waals surface area contributed by atoms with Crippen molar-refractivity contribution in [2.45, 2.75) is 59.5 Å². The first-order chi connectivity index (χ1) is 16.3. The number of aromatic nitrogens is 4. The number of pyridine rings is 2. The van der Waals surface area contributed by atoms with Crippen LogP contribution >= 0.6 is 0 Å². The molecule has 3 heterocycles. The van der Waals surface area contributed by atoms with Gasteiger partial charge >= 0.3 is 5.69 Å². The van der Waals surface area contributed by atoms with Crippen molar-refractivity contribution in [2.75, 3.05) is 18.0 Å².